The van der Waals surface area contributed by atoms with Crippen LogP contribution in [0.25, 0.3) is 11.0 Å². The van der Waals surface area contributed by atoms with Crippen molar-refractivity contribution in [3.63, 3.8) is 0 Å². The molecule has 0 atom stereocenters. The summed E-state index contributed by atoms with van der Waals surface area (Å²) in [6.45, 7) is 0. The van der Waals surface area contributed by atoms with Crippen LogP contribution in [0.4, 0.5) is 0 Å². The first-order valence-electron chi connectivity index (χ1n) is 7.04. The lowest BCUT2D eigenvalue weighted by Crippen LogP contribution is -2.43. The lowest BCUT2D eigenvalue weighted by molar-refractivity contribution is 0.0844. The Labute approximate surface area is 158 Å². The van der Waals surface area contributed by atoms with Crippen LogP contribution >= 0.6 is 31.9 Å². The van der Waals surface area contributed by atoms with Crippen molar-refractivity contribution in [2.24, 2.45) is 0 Å². The largest absolute Gasteiger partial charge is 0.421 e. The van der Waals surface area contributed by atoms with E-state index in [2.05, 4.69) is 42.7 Å². The second kappa shape index (κ2) is 7.20. The van der Waals surface area contributed by atoms with Crippen LogP contribution in [0.2, 0.25) is 0 Å². The summed E-state index contributed by atoms with van der Waals surface area (Å²) < 4.78 is 6.53. The number of nitrogens with one attached hydrogen (secondary N) is 2. The molecular weight excluding hydrogens is 456 g/mol. The van der Waals surface area contributed by atoms with Crippen LogP contribution in [-0.4, -0.2) is 11.8 Å². The Morgan fingerprint density at radius 2 is 1.60 bits per heavy atom. The average molecular weight is 466 g/mol. The maximum Gasteiger partial charge on any atom is 0.349 e. The highest BCUT2D eigenvalue weighted by Gasteiger charge is 2.16. The van der Waals surface area contributed by atoms with E-state index in [0.29, 0.717) is 21.0 Å². The van der Waals surface area contributed by atoms with E-state index in [1.165, 1.54) is 6.07 Å². The number of hydrogen-bond donors (Lipinski definition) is 2. The molecule has 25 heavy (non-hydrogen) atoms. The van der Waals surface area contributed by atoms with Crippen molar-refractivity contribution in [1.82, 2.24) is 10.9 Å². The minimum Gasteiger partial charge on any atom is -0.421 e. The molecule has 0 aliphatic heterocycles. The fourth-order valence-electron chi connectivity index (χ4n) is 2.16. The molecule has 1 aromatic heterocycles. The van der Waals surface area contributed by atoms with Crippen molar-refractivity contribution in [2.45, 2.75) is 0 Å². The molecular formula is C17H10Br2N2O4. The maximum atomic E-state index is 12.2. The highest BCUT2D eigenvalue weighted by molar-refractivity contribution is 9.11. The van der Waals surface area contributed by atoms with Crippen LogP contribution in [0.3, 0.4) is 0 Å². The molecule has 3 aromatic rings. The van der Waals surface area contributed by atoms with Crippen LogP contribution in [0, 0.1) is 0 Å². The first kappa shape index (κ1) is 17.4. The monoisotopic (exact) mass is 464 g/mol. The zero-order valence-electron chi connectivity index (χ0n) is 12.5. The van der Waals surface area contributed by atoms with Gasteiger partial charge in [-0.25, -0.2) is 4.79 Å². The number of hydrazine groups is 1. The van der Waals surface area contributed by atoms with Crippen molar-refractivity contribution in [2.75, 3.05) is 0 Å². The van der Waals surface area contributed by atoms with Gasteiger partial charge in [0.1, 0.15) is 5.56 Å². The third kappa shape index (κ3) is 3.80. The van der Waals surface area contributed by atoms with E-state index < -0.39 is 17.4 Å². The quantitative estimate of drug-likeness (QED) is 0.448. The molecule has 2 N–H and O–H groups in total. The van der Waals surface area contributed by atoms with Gasteiger partial charge in [-0.15, -0.1) is 0 Å². The summed E-state index contributed by atoms with van der Waals surface area (Å²) in [7, 11) is 0. The van der Waals surface area contributed by atoms with Crippen molar-refractivity contribution in [3.05, 3.63) is 79.0 Å². The van der Waals surface area contributed by atoms with Crippen LogP contribution in [-0.2, 0) is 0 Å². The first-order chi connectivity index (χ1) is 12.0. The van der Waals surface area contributed by atoms with Gasteiger partial charge in [0, 0.05) is 15.4 Å². The van der Waals surface area contributed by atoms with Gasteiger partial charge in [-0.1, -0.05) is 34.1 Å². The molecule has 0 fully saturated rings. The zero-order valence-corrected chi connectivity index (χ0v) is 15.7. The van der Waals surface area contributed by atoms with Crippen molar-refractivity contribution < 1.29 is 14.0 Å². The van der Waals surface area contributed by atoms with E-state index >= 15 is 0 Å². The lowest BCUT2D eigenvalue weighted by atomic mass is 10.2. The number of fused-ring (bicyclic) bond motifs is 1. The van der Waals surface area contributed by atoms with Crippen LogP contribution in [0.15, 0.2) is 66.7 Å². The first-order valence-corrected chi connectivity index (χ1v) is 8.63. The van der Waals surface area contributed by atoms with Crippen molar-refractivity contribution in [3.8, 4) is 0 Å². The number of amides is 2. The molecule has 6 nitrogen and oxygen atoms in total. The molecule has 2 aromatic carbocycles. The molecule has 0 unspecified atom stereocenters. The fraction of sp³-hybridized carbons (Fsp3) is 0. The van der Waals surface area contributed by atoms with Crippen molar-refractivity contribution in [1.29, 1.82) is 0 Å². The molecule has 0 radical (unpaired) electrons. The maximum absolute atomic E-state index is 12.2. The molecule has 0 saturated heterocycles. The van der Waals surface area contributed by atoms with Crippen LogP contribution in [0.5, 0.6) is 0 Å². The summed E-state index contributed by atoms with van der Waals surface area (Å²) in [5, 5.41) is 0.556. The second-order valence-corrected chi connectivity index (χ2v) is 6.80. The topological polar surface area (TPSA) is 88.4 Å². The summed E-state index contributed by atoms with van der Waals surface area (Å²) in [6, 6.07) is 13.2. The van der Waals surface area contributed by atoms with Crippen molar-refractivity contribution >= 4 is 54.6 Å². The van der Waals surface area contributed by atoms with Gasteiger partial charge in [-0.05, 0) is 46.3 Å². The summed E-state index contributed by atoms with van der Waals surface area (Å²) >= 11 is 6.63. The summed E-state index contributed by atoms with van der Waals surface area (Å²) in [5.74, 6) is -1.26. The fourth-order valence-corrected chi connectivity index (χ4v) is 3.50. The lowest BCUT2D eigenvalue weighted by Gasteiger charge is -2.08. The summed E-state index contributed by atoms with van der Waals surface area (Å²) in [4.78, 5) is 36.2. The van der Waals surface area contributed by atoms with Gasteiger partial charge in [0.25, 0.3) is 11.8 Å². The molecule has 1 heterocycles. The zero-order chi connectivity index (χ0) is 18.0. The predicted molar refractivity (Wildman–Crippen MR) is 99.3 cm³/mol. The number of hydrogen-bond acceptors (Lipinski definition) is 4. The van der Waals surface area contributed by atoms with E-state index in [0.717, 1.165) is 4.47 Å². The standard InChI is InChI=1S/C17H10Br2N2O4/c18-11-6-10-7-12(17(24)25-14(10)13(19)8-11)16(23)21-20-15(22)9-4-2-1-3-5-9/h1-8H,(H,20,22)(H,21,23). The van der Waals surface area contributed by atoms with E-state index in [1.807, 2.05) is 0 Å². The third-order valence-electron chi connectivity index (χ3n) is 3.32. The molecule has 0 spiro atoms. The Bertz CT molecular complexity index is 1030. The third-order valence-corrected chi connectivity index (χ3v) is 4.37. The minimum absolute atomic E-state index is 0.217. The molecule has 3 rings (SSSR count). The Balaban J connectivity index is 1.84. The predicted octanol–water partition coefficient (Wildman–Crippen LogP) is 3.39. The van der Waals surface area contributed by atoms with Gasteiger partial charge in [-0.2, -0.15) is 0 Å². The smallest absolute Gasteiger partial charge is 0.349 e. The van der Waals surface area contributed by atoms with Gasteiger partial charge in [0.15, 0.2) is 5.58 Å². The second-order valence-electron chi connectivity index (χ2n) is 5.03. The average Bonchev–Trinajstić information content (AvgIpc) is 2.60. The van der Waals surface area contributed by atoms with Gasteiger partial charge < -0.3 is 4.42 Å². The van der Waals surface area contributed by atoms with Crippen LogP contribution in [0.1, 0.15) is 20.7 Å². The van der Waals surface area contributed by atoms with Crippen LogP contribution < -0.4 is 16.5 Å². The Hall–Kier alpha value is -2.45. The normalized spacial score (nSPS) is 10.5. The van der Waals surface area contributed by atoms with Gasteiger partial charge in [0.05, 0.1) is 4.47 Å². The number of carbonyl (C=O) groups excluding carboxylic acids is 2. The number of benzene rings is 2. The van der Waals surface area contributed by atoms with E-state index in [9.17, 15) is 14.4 Å². The number of carbonyl (C=O) groups is 2. The number of rotatable bonds is 2. The molecule has 0 aliphatic carbocycles. The summed E-state index contributed by atoms with van der Waals surface area (Å²) in [6.07, 6.45) is 0. The van der Waals surface area contributed by atoms with E-state index in [4.69, 9.17) is 4.42 Å². The molecule has 8 heteroatoms. The molecule has 0 bridgehead atoms. The minimum atomic E-state index is -0.804. The Kier molecular flexibility index (Phi) is 5.00. The van der Waals surface area contributed by atoms with E-state index in [-0.39, 0.29) is 5.56 Å². The highest BCUT2D eigenvalue weighted by atomic mass is 79.9. The SMILES string of the molecule is O=C(NNC(=O)c1cc2cc(Br)cc(Br)c2oc1=O)c1ccccc1. The molecule has 0 aliphatic rings. The molecule has 2 amide bonds. The van der Waals surface area contributed by atoms with E-state index in [1.54, 1.807) is 42.5 Å². The highest BCUT2D eigenvalue weighted by Crippen LogP contribution is 2.27. The van der Waals surface area contributed by atoms with Gasteiger partial charge in [-0.3, -0.25) is 20.4 Å². The molecule has 126 valence electrons. The van der Waals surface area contributed by atoms with Gasteiger partial charge >= 0.3 is 5.63 Å². The van der Waals surface area contributed by atoms with Gasteiger partial charge in [0.2, 0.25) is 0 Å². The Morgan fingerprint density at radius 3 is 2.32 bits per heavy atom. The Morgan fingerprint density at radius 1 is 0.920 bits per heavy atom. The molecule has 0 saturated carbocycles. The number of halogens is 2. The summed E-state index contributed by atoms with van der Waals surface area (Å²) in [5.41, 5.74) is 4.15.